The number of carbonyl (C=O) groups excluding carboxylic acids is 2. The Morgan fingerprint density at radius 1 is 1.18 bits per heavy atom. The first-order valence-electron chi connectivity index (χ1n) is 4.89. The largest absolute Gasteiger partial charge is 0.279 e. The molecule has 0 radical (unpaired) electrons. The minimum absolute atomic E-state index is 0.228. The van der Waals surface area contributed by atoms with E-state index in [1.54, 1.807) is 12.1 Å². The van der Waals surface area contributed by atoms with Crippen LogP contribution in [0.5, 0.6) is 0 Å². The summed E-state index contributed by atoms with van der Waals surface area (Å²) in [5.74, 6) is -0.521. The second-order valence-corrected chi connectivity index (χ2v) is 5.02. The maximum absolute atomic E-state index is 11.5. The van der Waals surface area contributed by atoms with E-state index < -0.39 is 0 Å². The molecule has 2 rings (SSSR count). The van der Waals surface area contributed by atoms with Crippen molar-refractivity contribution in [3.8, 4) is 0 Å². The number of thiophene rings is 2. The molecule has 0 spiro atoms. The zero-order chi connectivity index (χ0) is 12.1. The Bertz CT molecular complexity index is 492. The number of carbonyl (C=O) groups is 2. The zero-order valence-electron chi connectivity index (χ0n) is 8.80. The third-order valence-electron chi connectivity index (χ3n) is 2.01. The van der Waals surface area contributed by atoms with Crippen LogP contribution in [0.2, 0.25) is 0 Å². The first-order valence-corrected chi connectivity index (χ1v) is 6.72. The van der Waals surface area contributed by atoms with Crippen LogP contribution in [0.1, 0.15) is 15.2 Å². The monoisotopic (exact) mass is 266 g/mol. The minimum Gasteiger partial charge on any atom is -0.273 e. The molecule has 2 N–H and O–H groups in total. The van der Waals surface area contributed by atoms with Gasteiger partial charge in [0.2, 0.25) is 5.91 Å². The SMILES string of the molecule is O=C(Cc1ccsc1)NNC(=O)c1cccs1. The van der Waals surface area contributed by atoms with E-state index in [9.17, 15) is 9.59 Å². The molecule has 0 fully saturated rings. The number of hydrazine groups is 1. The number of hydrogen-bond acceptors (Lipinski definition) is 4. The lowest BCUT2D eigenvalue weighted by Gasteiger charge is -2.05. The molecule has 2 aromatic rings. The van der Waals surface area contributed by atoms with E-state index in [-0.39, 0.29) is 18.2 Å². The molecular formula is C11H10N2O2S2. The highest BCUT2D eigenvalue weighted by Crippen LogP contribution is 2.07. The zero-order valence-corrected chi connectivity index (χ0v) is 10.4. The molecule has 2 amide bonds. The van der Waals surface area contributed by atoms with E-state index in [0.29, 0.717) is 4.88 Å². The van der Waals surface area contributed by atoms with Gasteiger partial charge < -0.3 is 0 Å². The Morgan fingerprint density at radius 2 is 2.06 bits per heavy atom. The summed E-state index contributed by atoms with van der Waals surface area (Å²) in [7, 11) is 0. The maximum Gasteiger partial charge on any atom is 0.279 e. The highest BCUT2D eigenvalue weighted by molar-refractivity contribution is 7.12. The van der Waals surface area contributed by atoms with Crippen molar-refractivity contribution < 1.29 is 9.59 Å². The second-order valence-electron chi connectivity index (χ2n) is 3.29. The Kier molecular flexibility index (Phi) is 3.89. The standard InChI is InChI=1S/C11H10N2O2S2/c14-10(6-8-3-5-16-7-8)12-13-11(15)9-2-1-4-17-9/h1-5,7H,6H2,(H,12,14)(H,13,15). The van der Waals surface area contributed by atoms with Crippen LogP contribution in [0, 0.1) is 0 Å². The fraction of sp³-hybridized carbons (Fsp3) is 0.0909. The summed E-state index contributed by atoms with van der Waals surface area (Å²) in [6, 6.07) is 5.36. The van der Waals surface area contributed by atoms with Crippen molar-refractivity contribution in [3.63, 3.8) is 0 Å². The Morgan fingerprint density at radius 3 is 2.71 bits per heavy atom. The van der Waals surface area contributed by atoms with E-state index in [1.165, 1.54) is 22.7 Å². The van der Waals surface area contributed by atoms with Crippen molar-refractivity contribution in [1.29, 1.82) is 0 Å². The summed E-state index contributed by atoms with van der Waals surface area (Å²) in [5.41, 5.74) is 5.70. The fourth-order valence-corrected chi connectivity index (χ4v) is 2.51. The number of rotatable bonds is 3. The van der Waals surface area contributed by atoms with E-state index in [0.717, 1.165) is 5.56 Å². The molecule has 0 aliphatic heterocycles. The van der Waals surface area contributed by atoms with E-state index in [4.69, 9.17) is 0 Å². The summed E-state index contributed by atoms with van der Waals surface area (Å²) in [6.07, 6.45) is 0.272. The van der Waals surface area contributed by atoms with Gasteiger partial charge in [-0.05, 0) is 33.8 Å². The molecule has 0 bridgehead atoms. The molecule has 0 atom stereocenters. The Labute approximate surface area is 106 Å². The number of nitrogens with one attached hydrogen (secondary N) is 2. The van der Waals surface area contributed by atoms with E-state index >= 15 is 0 Å². The molecular weight excluding hydrogens is 256 g/mol. The summed E-state index contributed by atoms with van der Waals surface area (Å²) >= 11 is 2.86. The van der Waals surface area contributed by atoms with Crippen molar-refractivity contribution in [2.45, 2.75) is 6.42 Å². The predicted octanol–water partition coefficient (Wildman–Crippen LogP) is 1.81. The molecule has 0 saturated heterocycles. The lowest BCUT2D eigenvalue weighted by atomic mass is 10.2. The van der Waals surface area contributed by atoms with Gasteiger partial charge in [-0.15, -0.1) is 11.3 Å². The summed E-state index contributed by atoms with van der Waals surface area (Å²) in [6.45, 7) is 0. The molecule has 4 nitrogen and oxygen atoms in total. The van der Waals surface area contributed by atoms with Gasteiger partial charge in [0.1, 0.15) is 0 Å². The van der Waals surface area contributed by atoms with Gasteiger partial charge in [0, 0.05) is 0 Å². The molecule has 0 aromatic carbocycles. The summed E-state index contributed by atoms with van der Waals surface area (Å²) in [5, 5.41) is 5.62. The van der Waals surface area contributed by atoms with Gasteiger partial charge >= 0.3 is 0 Å². The van der Waals surface area contributed by atoms with Crippen LogP contribution in [0.25, 0.3) is 0 Å². The van der Waals surface area contributed by atoms with Gasteiger partial charge in [-0.3, -0.25) is 20.4 Å². The molecule has 0 aliphatic rings. The number of amides is 2. The third kappa shape index (κ3) is 3.40. The van der Waals surface area contributed by atoms with Crippen LogP contribution >= 0.6 is 22.7 Å². The van der Waals surface area contributed by atoms with Gasteiger partial charge in [-0.1, -0.05) is 6.07 Å². The first-order chi connectivity index (χ1) is 8.25. The minimum atomic E-state index is -0.293. The van der Waals surface area contributed by atoms with Gasteiger partial charge in [0.15, 0.2) is 0 Å². The lowest BCUT2D eigenvalue weighted by molar-refractivity contribution is -0.121. The Balaban J connectivity index is 1.79. The van der Waals surface area contributed by atoms with Crippen molar-refractivity contribution in [2.75, 3.05) is 0 Å². The van der Waals surface area contributed by atoms with Gasteiger partial charge in [0.05, 0.1) is 11.3 Å². The quantitative estimate of drug-likeness (QED) is 0.832. The van der Waals surface area contributed by atoms with E-state index in [2.05, 4.69) is 10.9 Å². The fourth-order valence-electron chi connectivity index (χ4n) is 1.22. The Hall–Kier alpha value is -1.66. The van der Waals surface area contributed by atoms with Crippen molar-refractivity contribution in [1.82, 2.24) is 10.9 Å². The average molecular weight is 266 g/mol. The van der Waals surface area contributed by atoms with Crippen LogP contribution in [-0.2, 0) is 11.2 Å². The highest BCUT2D eigenvalue weighted by atomic mass is 32.1. The maximum atomic E-state index is 11.5. The summed E-state index contributed by atoms with van der Waals surface area (Å²) in [4.78, 5) is 23.5. The second kappa shape index (κ2) is 5.60. The summed E-state index contributed by atoms with van der Waals surface area (Å²) < 4.78 is 0. The van der Waals surface area contributed by atoms with Crippen molar-refractivity contribution in [3.05, 3.63) is 44.8 Å². The highest BCUT2D eigenvalue weighted by Gasteiger charge is 2.08. The molecule has 2 aromatic heterocycles. The van der Waals surface area contributed by atoms with Crippen LogP contribution in [-0.4, -0.2) is 11.8 Å². The van der Waals surface area contributed by atoms with Gasteiger partial charge in [-0.25, -0.2) is 0 Å². The lowest BCUT2D eigenvalue weighted by Crippen LogP contribution is -2.42. The van der Waals surface area contributed by atoms with E-state index in [1.807, 2.05) is 22.2 Å². The molecule has 88 valence electrons. The molecule has 0 unspecified atom stereocenters. The first kappa shape index (κ1) is 11.8. The molecule has 17 heavy (non-hydrogen) atoms. The van der Waals surface area contributed by atoms with Crippen LogP contribution in [0.15, 0.2) is 34.3 Å². The third-order valence-corrected chi connectivity index (χ3v) is 3.61. The van der Waals surface area contributed by atoms with Crippen LogP contribution in [0.4, 0.5) is 0 Å². The van der Waals surface area contributed by atoms with Crippen molar-refractivity contribution >= 4 is 34.5 Å². The smallest absolute Gasteiger partial charge is 0.273 e. The predicted molar refractivity (Wildman–Crippen MR) is 68.0 cm³/mol. The average Bonchev–Trinajstić information content (AvgIpc) is 2.97. The van der Waals surface area contributed by atoms with Crippen LogP contribution < -0.4 is 10.9 Å². The van der Waals surface area contributed by atoms with Crippen molar-refractivity contribution in [2.24, 2.45) is 0 Å². The number of hydrogen-bond donors (Lipinski definition) is 2. The molecule has 6 heteroatoms. The van der Waals surface area contributed by atoms with Gasteiger partial charge in [-0.2, -0.15) is 11.3 Å². The molecule has 0 saturated carbocycles. The molecule has 0 aliphatic carbocycles. The molecule has 2 heterocycles. The topological polar surface area (TPSA) is 58.2 Å². The van der Waals surface area contributed by atoms with Gasteiger partial charge in [0.25, 0.3) is 5.91 Å². The normalized spacial score (nSPS) is 9.88. The van der Waals surface area contributed by atoms with Crippen LogP contribution in [0.3, 0.4) is 0 Å².